The number of aliphatic hydroxyl groups is 1. The first-order valence-electron chi connectivity index (χ1n) is 10.3. The van der Waals surface area contributed by atoms with Crippen LogP contribution in [0.1, 0.15) is 46.0 Å². The molecule has 0 aliphatic carbocycles. The third-order valence-corrected chi connectivity index (χ3v) is 5.45. The number of rotatable bonds is 12. The molecular weight excluding hydrogens is 410 g/mol. The van der Waals surface area contributed by atoms with E-state index in [1.165, 1.54) is 4.90 Å². The predicted octanol–water partition coefficient (Wildman–Crippen LogP) is -2.34. The summed E-state index contributed by atoms with van der Waals surface area (Å²) in [6.45, 7) is 3.04. The van der Waals surface area contributed by atoms with Crippen molar-refractivity contribution in [3.05, 3.63) is 0 Å². The molecule has 1 heterocycles. The number of hydrogen-bond acceptors (Lipinski definition) is 7. The number of carboxylic acids is 1. The third kappa shape index (κ3) is 7.47. The SMILES string of the molecule is CCC(C)C(NC(=O)C1CCCN1C(=O)C(N)CCC(N)=O)C(=O)NC(CO)C(=O)O. The Hall–Kier alpha value is -2.73. The van der Waals surface area contributed by atoms with Crippen molar-refractivity contribution in [2.45, 2.75) is 70.1 Å². The minimum atomic E-state index is -1.50. The lowest BCUT2D eigenvalue weighted by molar-refractivity contribution is -0.144. The summed E-state index contributed by atoms with van der Waals surface area (Å²) in [5, 5.41) is 23.0. The Morgan fingerprint density at radius 3 is 2.35 bits per heavy atom. The lowest BCUT2D eigenvalue weighted by Gasteiger charge is -2.30. The van der Waals surface area contributed by atoms with Crippen LogP contribution in [-0.4, -0.2) is 82.0 Å². The van der Waals surface area contributed by atoms with Gasteiger partial charge in [0, 0.05) is 13.0 Å². The summed E-state index contributed by atoms with van der Waals surface area (Å²) in [4.78, 5) is 61.5. The average Bonchev–Trinajstić information content (AvgIpc) is 3.22. The highest BCUT2D eigenvalue weighted by molar-refractivity contribution is 5.94. The van der Waals surface area contributed by atoms with E-state index >= 15 is 0 Å². The van der Waals surface area contributed by atoms with E-state index in [9.17, 15) is 24.0 Å². The number of aliphatic carboxylic acids is 1. The summed E-state index contributed by atoms with van der Waals surface area (Å²) in [5.74, 6) is -4.08. The highest BCUT2D eigenvalue weighted by atomic mass is 16.4. The van der Waals surface area contributed by atoms with E-state index in [0.717, 1.165) is 0 Å². The topological polar surface area (TPSA) is 205 Å². The number of nitrogens with one attached hydrogen (secondary N) is 2. The van der Waals surface area contributed by atoms with Gasteiger partial charge in [0.05, 0.1) is 12.6 Å². The average molecular weight is 444 g/mol. The van der Waals surface area contributed by atoms with Gasteiger partial charge in [-0.15, -0.1) is 0 Å². The van der Waals surface area contributed by atoms with E-state index in [0.29, 0.717) is 25.8 Å². The molecule has 0 bridgehead atoms. The van der Waals surface area contributed by atoms with Gasteiger partial charge in [-0.1, -0.05) is 20.3 Å². The lowest BCUT2D eigenvalue weighted by Crippen LogP contribution is -2.58. The third-order valence-electron chi connectivity index (χ3n) is 5.45. The number of likely N-dealkylation sites (tertiary alicyclic amines) is 1. The molecule has 0 radical (unpaired) electrons. The molecular formula is C19H33N5O7. The minimum absolute atomic E-state index is 0.0521. The molecule has 5 unspecified atom stereocenters. The number of aliphatic hydroxyl groups excluding tert-OH is 1. The second-order valence-electron chi connectivity index (χ2n) is 7.75. The van der Waals surface area contributed by atoms with Gasteiger partial charge in [-0.25, -0.2) is 4.79 Å². The first-order chi connectivity index (χ1) is 14.5. The molecule has 176 valence electrons. The van der Waals surface area contributed by atoms with Gasteiger partial charge in [0.25, 0.3) is 0 Å². The van der Waals surface area contributed by atoms with Gasteiger partial charge >= 0.3 is 5.97 Å². The molecule has 1 fully saturated rings. The molecule has 1 aliphatic rings. The fraction of sp³-hybridized carbons (Fsp3) is 0.737. The molecule has 0 saturated carbocycles. The molecule has 0 aromatic rings. The molecule has 4 amide bonds. The van der Waals surface area contributed by atoms with Gasteiger partial charge in [-0.2, -0.15) is 0 Å². The molecule has 12 heteroatoms. The van der Waals surface area contributed by atoms with Crippen molar-refractivity contribution in [3.8, 4) is 0 Å². The minimum Gasteiger partial charge on any atom is -0.480 e. The van der Waals surface area contributed by atoms with Crippen LogP contribution in [0.15, 0.2) is 0 Å². The van der Waals surface area contributed by atoms with Crippen molar-refractivity contribution in [1.29, 1.82) is 0 Å². The first-order valence-corrected chi connectivity index (χ1v) is 10.3. The number of carbonyl (C=O) groups is 5. The zero-order chi connectivity index (χ0) is 23.7. The summed E-state index contributed by atoms with van der Waals surface area (Å²) in [6, 6.07) is -4.36. The number of nitrogens with zero attached hydrogens (tertiary/aromatic N) is 1. The number of carbonyl (C=O) groups excluding carboxylic acids is 4. The normalized spacial score (nSPS) is 19.7. The molecule has 1 saturated heterocycles. The summed E-state index contributed by atoms with van der Waals surface area (Å²) < 4.78 is 0. The maximum Gasteiger partial charge on any atom is 0.328 e. The van der Waals surface area contributed by atoms with Crippen LogP contribution in [0, 0.1) is 5.92 Å². The van der Waals surface area contributed by atoms with Crippen molar-refractivity contribution in [2.24, 2.45) is 17.4 Å². The predicted molar refractivity (Wildman–Crippen MR) is 109 cm³/mol. The Kier molecular flexibility index (Phi) is 10.4. The molecule has 8 N–H and O–H groups in total. The first kappa shape index (κ1) is 26.3. The zero-order valence-electron chi connectivity index (χ0n) is 17.9. The second-order valence-corrected chi connectivity index (χ2v) is 7.75. The Morgan fingerprint density at radius 2 is 1.84 bits per heavy atom. The van der Waals surface area contributed by atoms with Crippen LogP contribution in [0.2, 0.25) is 0 Å². The second kappa shape index (κ2) is 12.2. The van der Waals surface area contributed by atoms with Crippen LogP contribution >= 0.6 is 0 Å². The van der Waals surface area contributed by atoms with E-state index in [4.69, 9.17) is 21.7 Å². The monoisotopic (exact) mass is 443 g/mol. The zero-order valence-corrected chi connectivity index (χ0v) is 17.9. The molecule has 1 aliphatic heterocycles. The smallest absolute Gasteiger partial charge is 0.328 e. The van der Waals surface area contributed by atoms with Crippen LogP contribution in [0.25, 0.3) is 0 Å². The molecule has 0 aromatic carbocycles. The van der Waals surface area contributed by atoms with Gasteiger partial charge in [0.15, 0.2) is 0 Å². The number of nitrogens with two attached hydrogens (primary N) is 2. The summed E-state index contributed by atoms with van der Waals surface area (Å²) in [6.07, 6.45) is 1.47. The van der Waals surface area contributed by atoms with E-state index < -0.39 is 60.4 Å². The number of hydrogen-bond donors (Lipinski definition) is 6. The van der Waals surface area contributed by atoms with Gasteiger partial charge in [-0.05, 0) is 25.2 Å². The molecule has 12 nitrogen and oxygen atoms in total. The summed E-state index contributed by atoms with van der Waals surface area (Å²) >= 11 is 0. The Bertz CT molecular complexity index is 687. The van der Waals surface area contributed by atoms with Crippen molar-refractivity contribution < 1.29 is 34.2 Å². The largest absolute Gasteiger partial charge is 0.480 e. The fourth-order valence-corrected chi connectivity index (χ4v) is 3.34. The molecule has 31 heavy (non-hydrogen) atoms. The van der Waals surface area contributed by atoms with E-state index in [2.05, 4.69) is 10.6 Å². The van der Waals surface area contributed by atoms with Gasteiger partial charge in [-0.3, -0.25) is 19.2 Å². The number of primary amides is 1. The summed E-state index contributed by atoms with van der Waals surface area (Å²) in [5.41, 5.74) is 10.9. The van der Waals surface area contributed by atoms with Crippen molar-refractivity contribution in [3.63, 3.8) is 0 Å². The number of carboxylic acid groups (broad SMARTS) is 1. The lowest BCUT2D eigenvalue weighted by atomic mass is 9.97. The van der Waals surface area contributed by atoms with Crippen LogP contribution in [0.3, 0.4) is 0 Å². The molecule has 1 rings (SSSR count). The van der Waals surface area contributed by atoms with Gasteiger partial charge in [0.2, 0.25) is 23.6 Å². The Balaban J connectivity index is 2.89. The van der Waals surface area contributed by atoms with Crippen LogP contribution < -0.4 is 22.1 Å². The number of amides is 4. The molecule has 0 aromatic heterocycles. The summed E-state index contributed by atoms with van der Waals surface area (Å²) in [7, 11) is 0. The van der Waals surface area contributed by atoms with Crippen LogP contribution in [-0.2, 0) is 24.0 Å². The van der Waals surface area contributed by atoms with Crippen molar-refractivity contribution in [1.82, 2.24) is 15.5 Å². The highest BCUT2D eigenvalue weighted by Crippen LogP contribution is 2.20. The highest BCUT2D eigenvalue weighted by Gasteiger charge is 2.38. The molecule has 0 spiro atoms. The standard InChI is InChI=1S/C19H33N5O7/c1-3-10(2)15(17(28)22-12(9-25)19(30)31)23-16(27)13-5-4-8-24(13)18(29)11(20)6-7-14(21)26/h10-13,15,25H,3-9,20H2,1-2H3,(H2,21,26)(H,22,28)(H,23,27)(H,30,31). The Labute approximate surface area is 180 Å². The van der Waals surface area contributed by atoms with Crippen LogP contribution in [0.5, 0.6) is 0 Å². The van der Waals surface area contributed by atoms with Gasteiger partial charge < -0.3 is 37.2 Å². The van der Waals surface area contributed by atoms with E-state index in [-0.39, 0.29) is 18.8 Å². The van der Waals surface area contributed by atoms with Crippen molar-refractivity contribution in [2.75, 3.05) is 13.2 Å². The fourth-order valence-electron chi connectivity index (χ4n) is 3.34. The maximum absolute atomic E-state index is 12.9. The van der Waals surface area contributed by atoms with E-state index in [1.807, 2.05) is 0 Å². The maximum atomic E-state index is 12.9. The van der Waals surface area contributed by atoms with Crippen LogP contribution in [0.4, 0.5) is 0 Å². The van der Waals surface area contributed by atoms with Gasteiger partial charge in [0.1, 0.15) is 18.1 Å². The van der Waals surface area contributed by atoms with E-state index in [1.54, 1.807) is 13.8 Å². The van der Waals surface area contributed by atoms with Crippen molar-refractivity contribution >= 4 is 29.6 Å². The quantitative estimate of drug-likeness (QED) is 0.192. The Morgan fingerprint density at radius 1 is 1.19 bits per heavy atom. The molecule has 5 atom stereocenters.